The minimum atomic E-state index is 0.0507. The van der Waals surface area contributed by atoms with Crippen LogP contribution in [0.4, 0.5) is 0 Å². The van der Waals surface area contributed by atoms with Gasteiger partial charge in [0.1, 0.15) is 0 Å². The molecule has 1 aromatic rings. The molecule has 1 heterocycles. The van der Waals surface area contributed by atoms with E-state index in [2.05, 4.69) is 16.9 Å². The zero-order valence-corrected chi connectivity index (χ0v) is 10.4. The summed E-state index contributed by atoms with van der Waals surface area (Å²) in [5, 5.41) is 0. The minimum absolute atomic E-state index is 0.0507. The lowest BCUT2D eigenvalue weighted by Gasteiger charge is -2.10. The fraction of sp³-hybridized carbons (Fsp3) is 0.692. The van der Waals surface area contributed by atoms with Crippen LogP contribution in [0, 0.1) is 6.92 Å². The van der Waals surface area contributed by atoms with Crippen LogP contribution in [-0.2, 0) is 0 Å². The average molecular weight is 221 g/mol. The van der Waals surface area contributed by atoms with Gasteiger partial charge in [0.25, 0.3) is 0 Å². The Hall–Kier alpha value is -0.960. The lowest BCUT2D eigenvalue weighted by Crippen LogP contribution is -2.12. The normalized spacial score (nSPS) is 12.7. The first kappa shape index (κ1) is 13.1. The molecule has 0 amide bonds. The van der Waals surface area contributed by atoms with Crippen molar-refractivity contribution in [3.63, 3.8) is 0 Å². The van der Waals surface area contributed by atoms with E-state index < -0.39 is 0 Å². The predicted octanol–water partition coefficient (Wildman–Crippen LogP) is 3.15. The molecule has 16 heavy (non-hydrogen) atoms. The second kappa shape index (κ2) is 7.34. The van der Waals surface area contributed by atoms with Crippen molar-refractivity contribution in [3.05, 3.63) is 23.8 Å². The summed E-state index contributed by atoms with van der Waals surface area (Å²) in [7, 11) is 0. The van der Waals surface area contributed by atoms with Crippen LogP contribution < -0.4 is 5.73 Å². The Morgan fingerprint density at radius 3 is 2.50 bits per heavy atom. The van der Waals surface area contributed by atoms with Crippen LogP contribution in [0.2, 0.25) is 0 Å². The molecule has 2 N–H and O–H groups in total. The molecule has 1 aromatic heterocycles. The van der Waals surface area contributed by atoms with Crippen molar-refractivity contribution >= 4 is 0 Å². The maximum atomic E-state index is 6.06. The summed E-state index contributed by atoms with van der Waals surface area (Å²) in [5.74, 6) is 0. The number of hydrogen-bond donors (Lipinski definition) is 1. The second-order valence-corrected chi connectivity index (χ2v) is 4.39. The SMILES string of the molecule is CCCCCCCC(N)c1cnc(C)cn1. The first-order valence-electron chi connectivity index (χ1n) is 6.28. The Morgan fingerprint density at radius 1 is 1.12 bits per heavy atom. The number of hydrogen-bond acceptors (Lipinski definition) is 3. The Labute approximate surface area is 98.5 Å². The largest absolute Gasteiger partial charge is 0.323 e. The van der Waals surface area contributed by atoms with E-state index in [-0.39, 0.29) is 6.04 Å². The lowest BCUT2D eigenvalue weighted by molar-refractivity contribution is 0.546. The molecule has 1 atom stereocenters. The van der Waals surface area contributed by atoms with Gasteiger partial charge in [0.05, 0.1) is 17.6 Å². The maximum Gasteiger partial charge on any atom is 0.0754 e. The Balaban J connectivity index is 2.24. The molecule has 1 unspecified atom stereocenters. The highest BCUT2D eigenvalue weighted by molar-refractivity contribution is 5.04. The summed E-state index contributed by atoms with van der Waals surface area (Å²) in [6.45, 7) is 4.17. The molecule has 0 aliphatic carbocycles. The summed E-state index contributed by atoms with van der Waals surface area (Å²) >= 11 is 0. The highest BCUT2D eigenvalue weighted by atomic mass is 14.8. The van der Waals surface area contributed by atoms with Gasteiger partial charge in [-0.15, -0.1) is 0 Å². The van der Waals surface area contributed by atoms with Gasteiger partial charge < -0.3 is 5.73 Å². The minimum Gasteiger partial charge on any atom is -0.323 e. The first-order valence-corrected chi connectivity index (χ1v) is 6.28. The molecule has 0 aliphatic heterocycles. The van der Waals surface area contributed by atoms with Gasteiger partial charge in [-0.05, 0) is 13.3 Å². The number of rotatable bonds is 7. The molecule has 3 nitrogen and oxygen atoms in total. The van der Waals surface area contributed by atoms with E-state index in [4.69, 9.17) is 5.73 Å². The Bertz CT molecular complexity index is 282. The van der Waals surface area contributed by atoms with Gasteiger partial charge in [0.15, 0.2) is 0 Å². The molecule has 0 saturated heterocycles. The van der Waals surface area contributed by atoms with E-state index in [0.29, 0.717) is 0 Å². The third-order valence-electron chi connectivity index (χ3n) is 2.80. The molecule has 0 fully saturated rings. The Kier molecular flexibility index (Phi) is 6.01. The van der Waals surface area contributed by atoms with Crippen molar-refractivity contribution < 1.29 is 0 Å². The van der Waals surface area contributed by atoms with Crippen molar-refractivity contribution in [3.8, 4) is 0 Å². The van der Waals surface area contributed by atoms with Crippen LogP contribution in [0.25, 0.3) is 0 Å². The van der Waals surface area contributed by atoms with Crippen LogP contribution in [0.15, 0.2) is 12.4 Å². The summed E-state index contributed by atoms with van der Waals surface area (Å²) < 4.78 is 0. The van der Waals surface area contributed by atoms with Crippen molar-refractivity contribution in [1.82, 2.24) is 9.97 Å². The molecular weight excluding hydrogens is 198 g/mol. The molecule has 0 bridgehead atoms. The second-order valence-electron chi connectivity index (χ2n) is 4.39. The Morgan fingerprint density at radius 2 is 1.88 bits per heavy atom. The predicted molar refractivity (Wildman–Crippen MR) is 67.1 cm³/mol. The van der Waals surface area contributed by atoms with Gasteiger partial charge in [-0.2, -0.15) is 0 Å². The fourth-order valence-corrected chi connectivity index (χ4v) is 1.71. The lowest BCUT2D eigenvalue weighted by atomic mass is 10.1. The smallest absolute Gasteiger partial charge is 0.0754 e. The molecule has 0 radical (unpaired) electrons. The van der Waals surface area contributed by atoms with Gasteiger partial charge in [-0.25, -0.2) is 0 Å². The molecule has 1 rings (SSSR count). The topological polar surface area (TPSA) is 51.8 Å². The van der Waals surface area contributed by atoms with E-state index >= 15 is 0 Å². The molecule has 3 heteroatoms. The number of aromatic nitrogens is 2. The van der Waals surface area contributed by atoms with Gasteiger partial charge in [0.2, 0.25) is 0 Å². The van der Waals surface area contributed by atoms with Gasteiger partial charge in [-0.3, -0.25) is 9.97 Å². The van der Waals surface area contributed by atoms with E-state index in [1.165, 1.54) is 32.1 Å². The van der Waals surface area contributed by atoms with Crippen molar-refractivity contribution in [2.75, 3.05) is 0 Å². The highest BCUT2D eigenvalue weighted by Crippen LogP contribution is 2.15. The molecule has 0 spiro atoms. The molecular formula is C13H23N3. The van der Waals surface area contributed by atoms with Crippen LogP contribution >= 0.6 is 0 Å². The van der Waals surface area contributed by atoms with Gasteiger partial charge >= 0.3 is 0 Å². The standard InChI is InChI=1S/C13H23N3/c1-3-4-5-6-7-8-12(14)13-10-15-11(2)9-16-13/h9-10,12H,3-8,14H2,1-2H3. The van der Waals surface area contributed by atoms with E-state index in [9.17, 15) is 0 Å². The molecule has 0 saturated carbocycles. The number of aryl methyl sites for hydroxylation is 1. The summed E-state index contributed by atoms with van der Waals surface area (Å²) in [4.78, 5) is 8.52. The third-order valence-corrected chi connectivity index (χ3v) is 2.80. The monoisotopic (exact) mass is 221 g/mol. The third kappa shape index (κ3) is 4.71. The van der Waals surface area contributed by atoms with Crippen LogP contribution in [0.1, 0.15) is 62.9 Å². The first-order chi connectivity index (χ1) is 7.74. The summed E-state index contributed by atoms with van der Waals surface area (Å²) in [6.07, 6.45) is 11.0. The van der Waals surface area contributed by atoms with Crippen LogP contribution in [0.5, 0.6) is 0 Å². The quantitative estimate of drug-likeness (QED) is 0.720. The molecule has 0 aliphatic rings. The van der Waals surface area contributed by atoms with Gasteiger partial charge in [0, 0.05) is 12.2 Å². The van der Waals surface area contributed by atoms with Crippen molar-refractivity contribution in [1.29, 1.82) is 0 Å². The van der Waals surface area contributed by atoms with E-state index in [1.54, 1.807) is 12.4 Å². The van der Waals surface area contributed by atoms with Gasteiger partial charge in [-0.1, -0.05) is 39.0 Å². The van der Waals surface area contributed by atoms with Crippen molar-refractivity contribution in [2.45, 2.75) is 58.4 Å². The summed E-state index contributed by atoms with van der Waals surface area (Å²) in [5.41, 5.74) is 7.92. The zero-order chi connectivity index (χ0) is 11.8. The fourth-order valence-electron chi connectivity index (χ4n) is 1.71. The number of nitrogens with zero attached hydrogens (tertiary/aromatic N) is 2. The van der Waals surface area contributed by atoms with E-state index in [0.717, 1.165) is 17.8 Å². The highest BCUT2D eigenvalue weighted by Gasteiger charge is 2.06. The molecule has 0 aromatic carbocycles. The van der Waals surface area contributed by atoms with Crippen LogP contribution in [-0.4, -0.2) is 9.97 Å². The van der Waals surface area contributed by atoms with Crippen LogP contribution in [0.3, 0.4) is 0 Å². The number of nitrogens with two attached hydrogens (primary N) is 1. The van der Waals surface area contributed by atoms with E-state index in [1.807, 2.05) is 6.92 Å². The summed E-state index contributed by atoms with van der Waals surface area (Å²) in [6, 6.07) is 0.0507. The average Bonchev–Trinajstić information content (AvgIpc) is 2.29. The zero-order valence-electron chi connectivity index (χ0n) is 10.4. The van der Waals surface area contributed by atoms with Crippen molar-refractivity contribution in [2.24, 2.45) is 5.73 Å². The molecule has 90 valence electrons. The number of unbranched alkanes of at least 4 members (excludes halogenated alkanes) is 4. The maximum absolute atomic E-state index is 6.06.